The molecule has 0 spiro atoms. The highest BCUT2D eigenvalue weighted by Gasteiger charge is 2.44. The van der Waals surface area contributed by atoms with Gasteiger partial charge in [0.15, 0.2) is 5.16 Å². The highest BCUT2D eigenvalue weighted by molar-refractivity contribution is 7.99. The van der Waals surface area contributed by atoms with Crippen molar-refractivity contribution in [1.82, 2.24) is 24.7 Å². The Morgan fingerprint density at radius 1 is 1.24 bits per heavy atom. The molecular formula is C20H31N5O3S. The van der Waals surface area contributed by atoms with E-state index in [9.17, 15) is 14.7 Å². The van der Waals surface area contributed by atoms with E-state index in [1.54, 1.807) is 6.92 Å². The summed E-state index contributed by atoms with van der Waals surface area (Å²) in [7, 11) is 2.14. The van der Waals surface area contributed by atoms with E-state index in [0.717, 1.165) is 52.1 Å². The van der Waals surface area contributed by atoms with Crippen LogP contribution in [0.5, 0.6) is 0 Å². The van der Waals surface area contributed by atoms with Crippen molar-refractivity contribution in [3.63, 3.8) is 0 Å². The van der Waals surface area contributed by atoms with Crippen LogP contribution in [0.25, 0.3) is 0 Å². The van der Waals surface area contributed by atoms with E-state index in [4.69, 9.17) is 0 Å². The Balaban J connectivity index is 1.32. The van der Waals surface area contributed by atoms with Crippen molar-refractivity contribution in [1.29, 1.82) is 0 Å². The molecule has 2 aliphatic heterocycles. The molecule has 8 nitrogen and oxygen atoms in total. The van der Waals surface area contributed by atoms with Gasteiger partial charge in [0.1, 0.15) is 0 Å². The molecule has 4 rings (SSSR count). The van der Waals surface area contributed by atoms with E-state index < -0.39 is 0 Å². The van der Waals surface area contributed by atoms with E-state index in [1.807, 2.05) is 4.90 Å². The fraction of sp³-hybridized carbons (Fsp3) is 0.750. The molecule has 29 heavy (non-hydrogen) atoms. The zero-order valence-electron chi connectivity index (χ0n) is 17.2. The number of likely N-dealkylation sites (tertiary alicyclic amines) is 1. The normalized spacial score (nSPS) is 31.1. The van der Waals surface area contributed by atoms with Crippen LogP contribution in [0.2, 0.25) is 0 Å². The third-order valence-electron chi connectivity index (χ3n) is 6.65. The van der Waals surface area contributed by atoms with Crippen LogP contribution in [0.15, 0.2) is 16.0 Å². The summed E-state index contributed by atoms with van der Waals surface area (Å²) in [6, 6.07) is 1.66. The number of carbonyl (C=O) groups excluding carboxylic acids is 1. The van der Waals surface area contributed by atoms with E-state index in [1.165, 1.54) is 17.8 Å². The zero-order valence-corrected chi connectivity index (χ0v) is 18.0. The Labute approximate surface area is 175 Å². The number of aromatic nitrogens is 2. The van der Waals surface area contributed by atoms with Crippen molar-refractivity contribution in [2.75, 3.05) is 52.1 Å². The number of likely N-dealkylation sites (N-methyl/N-ethyl adjacent to an activating group) is 1. The van der Waals surface area contributed by atoms with Gasteiger partial charge in [-0.25, -0.2) is 4.98 Å². The van der Waals surface area contributed by atoms with Gasteiger partial charge in [0, 0.05) is 57.1 Å². The van der Waals surface area contributed by atoms with Gasteiger partial charge in [0.2, 0.25) is 5.91 Å². The van der Waals surface area contributed by atoms with E-state index >= 15 is 0 Å². The molecule has 0 bridgehead atoms. The third-order valence-corrected chi connectivity index (χ3v) is 7.51. The zero-order chi connectivity index (χ0) is 20.5. The molecule has 0 unspecified atom stereocenters. The van der Waals surface area contributed by atoms with Crippen molar-refractivity contribution in [2.45, 2.75) is 37.1 Å². The van der Waals surface area contributed by atoms with Crippen LogP contribution in [-0.2, 0) is 4.79 Å². The highest BCUT2D eigenvalue weighted by Crippen LogP contribution is 2.38. The molecule has 160 valence electrons. The second-order valence-corrected chi connectivity index (χ2v) is 9.71. The number of hydrogen-bond donors (Lipinski definition) is 2. The van der Waals surface area contributed by atoms with Crippen LogP contribution in [-0.4, -0.2) is 99.9 Å². The number of amides is 1. The summed E-state index contributed by atoms with van der Waals surface area (Å²) in [5.74, 6) is 1.21. The lowest BCUT2D eigenvalue weighted by Crippen LogP contribution is -2.55. The molecule has 3 aliphatic rings. The molecule has 0 aromatic carbocycles. The number of aliphatic hydroxyl groups excluding tert-OH is 1. The topological polar surface area (TPSA) is 92.8 Å². The van der Waals surface area contributed by atoms with Gasteiger partial charge >= 0.3 is 0 Å². The average molecular weight is 422 g/mol. The number of nitrogens with one attached hydrogen (secondary N) is 1. The molecule has 2 N–H and O–H groups in total. The number of hydrogen-bond acceptors (Lipinski definition) is 7. The van der Waals surface area contributed by atoms with Gasteiger partial charge in [-0.05, 0) is 38.6 Å². The number of rotatable bonds is 4. The van der Waals surface area contributed by atoms with Crippen molar-refractivity contribution in [3.05, 3.63) is 22.1 Å². The summed E-state index contributed by atoms with van der Waals surface area (Å²) in [6.45, 7) is 7.40. The number of thioether (sulfide) groups is 1. The predicted octanol–water partition coefficient (Wildman–Crippen LogP) is 0.0157. The summed E-state index contributed by atoms with van der Waals surface area (Å²) in [5.41, 5.74) is 0.461. The largest absolute Gasteiger partial charge is 0.391 e. The van der Waals surface area contributed by atoms with Crippen LogP contribution in [0.1, 0.15) is 18.5 Å². The Morgan fingerprint density at radius 2 is 1.93 bits per heavy atom. The number of aryl methyl sites for hydroxylation is 1. The van der Waals surface area contributed by atoms with Crippen molar-refractivity contribution >= 4 is 17.7 Å². The lowest BCUT2D eigenvalue weighted by molar-refractivity contribution is -0.127. The molecule has 9 heteroatoms. The van der Waals surface area contributed by atoms with E-state index in [-0.39, 0.29) is 29.4 Å². The Bertz CT molecular complexity index is 795. The Hall–Kier alpha value is -1.42. The highest BCUT2D eigenvalue weighted by atomic mass is 32.2. The molecule has 1 saturated carbocycles. The lowest BCUT2D eigenvalue weighted by Gasteiger charge is -2.44. The minimum Gasteiger partial charge on any atom is -0.391 e. The van der Waals surface area contributed by atoms with Gasteiger partial charge in [-0.15, -0.1) is 0 Å². The first kappa shape index (κ1) is 20.8. The van der Waals surface area contributed by atoms with Gasteiger partial charge in [-0.1, -0.05) is 11.8 Å². The molecule has 0 radical (unpaired) electrons. The Kier molecular flexibility index (Phi) is 6.29. The lowest BCUT2D eigenvalue weighted by atomic mass is 9.77. The van der Waals surface area contributed by atoms with Crippen LogP contribution in [0.3, 0.4) is 0 Å². The van der Waals surface area contributed by atoms with Gasteiger partial charge in [0.05, 0.1) is 11.9 Å². The minimum absolute atomic E-state index is 0.0826. The Morgan fingerprint density at radius 3 is 2.62 bits per heavy atom. The molecule has 3 fully saturated rings. The van der Waals surface area contributed by atoms with Gasteiger partial charge in [0.25, 0.3) is 5.56 Å². The summed E-state index contributed by atoms with van der Waals surface area (Å²) in [4.78, 5) is 38.0. The molecule has 3 heterocycles. The van der Waals surface area contributed by atoms with Gasteiger partial charge < -0.3 is 19.9 Å². The average Bonchev–Trinajstić information content (AvgIpc) is 3.08. The fourth-order valence-corrected chi connectivity index (χ4v) is 5.82. The minimum atomic E-state index is -0.300. The molecule has 1 aliphatic carbocycles. The number of fused-ring (bicyclic) bond motifs is 1. The monoisotopic (exact) mass is 421 g/mol. The summed E-state index contributed by atoms with van der Waals surface area (Å²) >= 11 is 1.28. The maximum absolute atomic E-state index is 12.7. The second-order valence-electron chi connectivity index (χ2n) is 8.74. The maximum Gasteiger partial charge on any atom is 0.251 e. The smallest absolute Gasteiger partial charge is 0.251 e. The van der Waals surface area contributed by atoms with Gasteiger partial charge in [-0.2, -0.15) is 0 Å². The first-order chi connectivity index (χ1) is 13.9. The summed E-state index contributed by atoms with van der Waals surface area (Å²) < 4.78 is 0. The first-order valence-corrected chi connectivity index (χ1v) is 11.5. The number of aliphatic hydroxyl groups is 1. The molecule has 2 saturated heterocycles. The quantitative estimate of drug-likeness (QED) is 0.523. The molecule has 1 aromatic heterocycles. The van der Waals surface area contributed by atoms with Crippen LogP contribution < -0.4 is 5.56 Å². The number of nitrogens with zero attached hydrogens (tertiary/aromatic N) is 4. The third kappa shape index (κ3) is 4.84. The molecule has 1 amide bonds. The number of carbonyl (C=O) groups is 1. The first-order valence-electron chi connectivity index (χ1n) is 10.5. The maximum atomic E-state index is 12.7. The summed E-state index contributed by atoms with van der Waals surface area (Å²) in [5, 5.41) is 11.2. The second kappa shape index (κ2) is 8.75. The van der Waals surface area contributed by atoms with Crippen LogP contribution in [0, 0.1) is 18.8 Å². The number of H-pyrrole nitrogens is 1. The number of aromatic amines is 1. The van der Waals surface area contributed by atoms with Crippen LogP contribution >= 0.6 is 11.8 Å². The van der Waals surface area contributed by atoms with Crippen molar-refractivity contribution in [3.8, 4) is 0 Å². The molecule has 1 aromatic rings. The van der Waals surface area contributed by atoms with Crippen LogP contribution in [0.4, 0.5) is 0 Å². The van der Waals surface area contributed by atoms with Crippen molar-refractivity contribution in [2.24, 2.45) is 11.8 Å². The number of piperazine rings is 1. The molecule has 4 atom stereocenters. The van der Waals surface area contributed by atoms with E-state index in [0.29, 0.717) is 22.7 Å². The molecular weight excluding hydrogens is 390 g/mol. The fourth-order valence-electron chi connectivity index (χ4n) is 5.00. The summed E-state index contributed by atoms with van der Waals surface area (Å²) in [6.07, 6.45) is 1.45. The SMILES string of the molecule is Cc1cc(=O)[nH]c(SCC(=O)N2C[C@H]3C[C@@H](N4CCN(C)CC4)[C@H](O)C[C@H]3C2)n1. The standard InChI is InChI=1S/C20H31N5O3S/c1-13-7-18(27)22-20(21-13)29-12-19(28)25-10-14-8-16(17(26)9-15(14)11-25)24-5-3-23(2)4-6-24/h7,14-17,26H,3-6,8-12H2,1-2H3,(H,21,22,27)/t14-,15+,16-,17-/m1/s1. The predicted molar refractivity (Wildman–Crippen MR) is 112 cm³/mol. The van der Waals surface area contributed by atoms with Gasteiger partial charge in [-0.3, -0.25) is 14.5 Å². The van der Waals surface area contributed by atoms with Crippen molar-refractivity contribution < 1.29 is 9.90 Å². The van der Waals surface area contributed by atoms with E-state index in [2.05, 4.69) is 26.8 Å².